The van der Waals surface area contributed by atoms with Crippen LogP contribution in [0.15, 0.2) is 53.5 Å². The van der Waals surface area contributed by atoms with Crippen LogP contribution in [0.5, 0.6) is 5.75 Å². The van der Waals surface area contributed by atoms with Crippen molar-refractivity contribution < 1.29 is 9.53 Å². The summed E-state index contributed by atoms with van der Waals surface area (Å²) in [6.07, 6.45) is 5.51. The number of para-hydroxylation sites is 1. The maximum atomic E-state index is 12.4. The van der Waals surface area contributed by atoms with Gasteiger partial charge in [-0.05, 0) is 30.7 Å². The number of nitrogens with zero attached hydrogens (tertiary/aromatic N) is 1. The molecule has 2 heterocycles. The van der Waals surface area contributed by atoms with Crippen LogP contribution in [0.1, 0.15) is 12.5 Å². The lowest BCUT2D eigenvalue weighted by Gasteiger charge is -2.23. The van der Waals surface area contributed by atoms with Crippen molar-refractivity contribution in [1.82, 2.24) is 4.90 Å². The zero-order valence-corrected chi connectivity index (χ0v) is 13.7. The van der Waals surface area contributed by atoms with E-state index in [0.717, 1.165) is 16.9 Å². The fourth-order valence-corrected chi connectivity index (χ4v) is 3.63. The number of amides is 1. The molecule has 0 radical (unpaired) electrons. The standard InChI is InChI=1S/C17H15NO2S2/c1-3-8-18-16(19)15(22-17(18)21)10-13-9-12-6-4-5-7-14(12)20-11(13)2/h3-7,9-11H,1,8H2,2H3/b15-10+/t11-/m0/s1. The molecule has 0 N–H and O–H groups in total. The molecule has 3 rings (SSSR count). The molecule has 0 bridgehead atoms. The largest absolute Gasteiger partial charge is 0.485 e. The van der Waals surface area contributed by atoms with Gasteiger partial charge in [0.1, 0.15) is 16.2 Å². The van der Waals surface area contributed by atoms with Gasteiger partial charge in [-0.2, -0.15) is 0 Å². The number of hydrogen-bond donors (Lipinski definition) is 0. The Hall–Kier alpha value is -1.85. The van der Waals surface area contributed by atoms with E-state index in [2.05, 4.69) is 12.7 Å². The van der Waals surface area contributed by atoms with Gasteiger partial charge in [0.15, 0.2) is 0 Å². The van der Waals surface area contributed by atoms with E-state index in [1.54, 1.807) is 11.0 Å². The van der Waals surface area contributed by atoms with Gasteiger partial charge in [-0.25, -0.2) is 0 Å². The highest BCUT2D eigenvalue weighted by Crippen LogP contribution is 2.35. The van der Waals surface area contributed by atoms with E-state index >= 15 is 0 Å². The lowest BCUT2D eigenvalue weighted by atomic mass is 10.0. The fraction of sp³-hybridized carbons (Fsp3) is 0.176. The normalized spacial score (nSPS) is 22.4. The molecule has 1 aromatic rings. The van der Waals surface area contributed by atoms with E-state index in [4.69, 9.17) is 17.0 Å². The van der Waals surface area contributed by atoms with Gasteiger partial charge < -0.3 is 4.74 Å². The molecule has 1 fully saturated rings. The van der Waals surface area contributed by atoms with E-state index < -0.39 is 0 Å². The van der Waals surface area contributed by atoms with E-state index in [0.29, 0.717) is 15.8 Å². The van der Waals surface area contributed by atoms with Crippen molar-refractivity contribution in [2.24, 2.45) is 0 Å². The highest BCUT2D eigenvalue weighted by atomic mass is 32.2. The Balaban J connectivity index is 1.92. The number of carbonyl (C=O) groups is 1. The summed E-state index contributed by atoms with van der Waals surface area (Å²) in [5.41, 5.74) is 1.99. The van der Waals surface area contributed by atoms with Crippen molar-refractivity contribution in [2.45, 2.75) is 13.0 Å². The molecule has 1 aromatic carbocycles. The molecule has 0 spiro atoms. The third-order valence-electron chi connectivity index (χ3n) is 3.50. The van der Waals surface area contributed by atoms with Crippen LogP contribution in [0.2, 0.25) is 0 Å². The van der Waals surface area contributed by atoms with Crippen LogP contribution in [0.3, 0.4) is 0 Å². The van der Waals surface area contributed by atoms with Crippen LogP contribution in [-0.4, -0.2) is 27.8 Å². The number of thiocarbonyl (C=S) groups is 1. The average molecular weight is 329 g/mol. The first-order valence-electron chi connectivity index (χ1n) is 6.93. The van der Waals surface area contributed by atoms with Gasteiger partial charge >= 0.3 is 0 Å². The van der Waals surface area contributed by atoms with E-state index in [1.165, 1.54) is 11.8 Å². The van der Waals surface area contributed by atoms with Gasteiger partial charge in [-0.15, -0.1) is 6.58 Å². The number of hydrogen-bond acceptors (Lipinski definition) is 4. The van der Waals surface area contributed by atoms with Crippen LogP contribution in [0.4, 0.5) is 0 Å². The predicted molar refractivity (Wildman–Crippen MR) is 94.7 cm³/mol. The molecule has 5 heteroatoms. The van der Waals surface area contributed by atoms with Gasteiger partial charge in [0.2, 0.25) is 0 Å². The lowest BCUT2D eigenvalue weighted by molar-refractivity contribution is -0.121. The third-order valence-corrected chi connectivity index (χ3v) is 4.88. The first-order chi connectivity index (χ1) is 10.6. The molecule has 0 unspecified atom stereocenters. The molecule has 2 aliphatic rings. The maximum Gasteiger partial charge on any atom is 0.266 e. The summed E-state index contributed by atoms with van der Waals surface area (Å²) in [6.45, 7) is 6.07. The first kappa shape index (κ1) is 15.1. The molecule has 1 amide bonds. The molecular weight excluding hydrogens is 314 g/mol. The fourth-order valence-electron chi connectivity index (χ4n) is 2.36. The number of thioether (sulfide) groups is 1. The Morgan fingerprint density at radius 1 is 1.45 bits per heavy atom. The van der Waals surface area contributed by atoms with Gasteiger partial charge in [0.05, 0.1) is 4.91 Å². The Kier molecular flexibility index (Phi) is 4.18. The molecule has 0 saturated carbocycles. The monoisotopic (exact) mass is 329 g/mol. The maximum absolute atomic E-state index is 12.4. The number of rotatable bonds is 3. The molecule has 22 heavy (non-hydrogen) atoms. The zero-order chi connectivity index (χ0) is 15.7. The van der Waals surface area contributed by atoms with Gasteiger partial charge in [-0.3, -0.25) is 9.69 Å². The van der Waals surface area contributed by atoms with Crippen molar-refractivity contribution >= 4 is 40.3 Å². The Morgan fingerprint density at radius 3 is 3.00 bits per heavy atom. The summed E-state index contributed by atoms with van der Waals surface area (Å²) in [5.74, 6) is 0.799. The van der Waals surface area contributed by atoms with E-state index in [-0.39, 0.29) is 12.0 Å². The summed E-state index contributed by atoms with van der Waals surface area (Å²) in [6, 6.07) is 7.86. The molecule has 0 aromatic heterocycles. The second kappa shape index (κ2) is 6.10. The molecule has 0 aliphatic carbocycles. The second-order valence-electron chi connectivity index (χ2n) is 5.02. The minimum atomic E-state index is -0.0992. The summed E-state index contributed by atoms with van der Waals surface area (Å²) in [7, 11) is 0. The Bertz CT molecular complexity index is 721. The van der Waals surface area contributed by atoms with Crippen LogP contribution in [0, 0.1) is 0 Å². The third kappa shape index (κ3) is 2.74. The number of carbonyl (C=O) groups excluding carboxylic acids is 1. The van der Waals surface area contributed by atoms with Crippen LogP contribution < -0.4 is 4.74 Å². The van der Waals surface area contributed by atoms with E-state index in [9.17, 15) is 4.79 Å². The SMILES string of the molecule is C=CCN1C(=O)/C(=C\C2=Cc3ccccc3O[C@H]2C)SC1=S. The van der Waals surface area contributed by atoms with Crippen LogP contribution in [-0.2, 0) is 4.79 Å². The van der Waals surface area contributed by atoms with Crippen molar-refractivity contribution in [1.29, 1.82) is 0 Å². The Morgan fingerprint density at radius 2 is 2.23 bits per heavy atom. The molecule has 1 atom stereocenters. The van der Waals surface area contributed by atoms with E-state index in [1.807, 2.05) is 37.3 Å². The number of fused-ring (bicyclic) bond motifs is 1. The highest BCUT2D eigenvalue weighted by molar-refractivity contribution is 8.26. The van der Waals surface area contributed by atoms with Gasteiger partial charge in [0.25, 0.3) is 5.91 Å². The zero-order valence-electron chi connectivity index (χ0n) is 12.1. The summed E-state index contributed by atoms with van der Waals surface area (Å²) < 4.78 is 6.47. The van der Waals surface area contributed by atoms with Crippen molar-refractivity contribution in [3.63, 3.8) is 0 Å². The summed E-state index contributed by atoms with van der Waals surface area (Å²) >= 11 is 6.57. The number of benzene rings is 1. The molecular formula is C17H15NO2S2. The second-order valence-corrected chi connectivity index (χ2v) is 6.70. The molecule has 112 valence electrons. The minimum absolute atomic E-state index is 0.0677. The topological polar surface area (TPSA) is 29.5 Å². The van der Waals surface area contributed by atoms with Gasteiger partial charge in [0, 0.05) is 12.1 Å². The quantitative estimate of drug-likeness (QED) is 0.479. The van der Waals surface area contributed by atoms with Crippen molar-refractivity contribution in [2.75, 3.05) is 6.54 Å². The summed E-state index contributed by atoms with van der Waals surface area (Å²) in [4.78, 5) is 14.6. The van der Waals surface area contributed by atoms with Crippen molar-refractivity contribution in [3.05, 3.63) is 59.0 Å². The molecule has 1 saturated heterocycles. The summed E-state index contributed by atoms with van der Waals surface area (Å²) in [5, 5.41) is 0. The lowest BCUT2D eigenvalue weighted by Crippen LogP contribution is -2.28. The average Bonchev–Trinajstić information content (AvgIpc) is 2.76. The first-order valence-corrected chi connectivity index (χ1v) is 8.16. The van der Waals surface area contributed by atoms with Crippen molar-refractivity contribution in [3.8, 4) is 5.75 Å². The predicted octanol–water partition coefficient (Wildman–Crippen LogP) is 3.78. The molecule has 3 nitrogen and oxygen atoms in total. The Labute approximate surface area is 139 Å². The minimum Gasteiger partial charge on any atom is -0.485 e. The highest BCUT2D eigenvalue weighted by Gasteiger charge is 2.32. The number of ether oxygens (including phenoxy) is 1. The van der Waals surface area contributed by atoms with Gasteiger partial charge in [-0.1, -0.05) is 48.3 Å². The molecule has 2 aliphatic heterocycles. The van der Waals surface area contributed by atoms with Crippen LogP contribution in [0.25, 0.3) is 6.08 Å². The van der Waals surface area contributed by atoms with Crippen LogP contribution >= 0.6 is 24.0 Å². The smallest absolute Gasteiger partial charge is 0.266 e.